The standard InChI is InChI=1S/C12H16O3.C11H20O/c1-10(7-13)8-15-9-11-3-5-12(14-2)6-4-11;1-6-8-9(3)11(4,5)10(12)7-2/h3-7,10H,8-9H2,1-2H3;6,9H,1,7-8H2,2-5H3/t;9-/m.0/s1. The second-order valence-corrected chi connectivity index (χ2v) is 7.40. The summed E-state index contributed by atoms with van der Waals surface area (Å²) in [6.07, 6.45) is 4.33. The van der Waals surface area contributed by atoms with Gasteiger partial charge in [0.25, 0.3) is 0 Å². The number of carbonyl (C=O) groups excluding carboxylic acids is 2. The van der Waals surface area contributed by atoms with Gasteiger partial charge in [-0.25, -0.2) is 0 Å². The maximum Gasteiger partial charge on any atom is 0.138 e. The topological polar surface area (TPSA) is 52.6 Å². The van der Waals surface area contributed by atoms with Crippen LogP contribution in [0.2, 0.25) is 0 Å². The first kappa shape index (κ1) is 25.1. The molecule has 0 fully saturated rings. The van der Waals surface area contributed by atoms with Crippen LogP contribution in [0.15, 0.2) is 36.9 Å². The number of hydrogen-bond donors (Lipinski definition) is 0. The van der Waals surface area contributed by atoms with Gasteiger partial charge >= 0.3 is 0 Å². The maximum atomic E-state index is 11.5. The summed E-state index contributed by atoms with van der Waals surface area (Å²) in [4.78, 5) is 21.8. The SMILES string of the molecule is C=CC[C@H](C)C(C)(C)C(=O)CC.COc1ccc(COCC(C)C=O)cc1. The Labute approximate surface area is 165 Å². The molecule has 0 aliphatic carbocycles. The van der Waals surface area contributed by atoms with Gasteiger partial charge in [-0.15, -0.1) is 6.58 Å². The molecule has 0 saturated carbocycles. The molecule has 0 aliphatic heterocycles. The van der Waals surface area contributed by atoms with E-state index in [1.54, 1.807) is 7.11 Å². The fourth-order valence-electron chi connectivity index (χ4n) is 2.40. The molecule has 0 saturated heterocycles. The predicted molar refractivity (Wildman–Crippen MR) is 111 cm³/mol. The maximum absolute atomic E-state index is 11.5. The number of Topliss-reactive ketones (excluding diaryl/α,β-unsaturated/α-hetero) is 1. The van der Waals surface area contributed by atoms with Crippen LogP contribution < -0.4 is 4.74 Å². The van der Waals surface area contributed by atoms with E-state index < -0.39 is 0 Å². The number of ketones is 1. The lowest BCUT2D eigenvalue weighted by atomic mass is 9.74. The Morgan fingerprint density at radius 3 is 2.26 bits per heavy atom. The molecule has 4 nitrogen and oxygen atoms in total. The first-order valence-electron chi connectivity index (χ1n) is 9.52. The van der Waals surface area contributed by atoms with E-state index in [0.29, 0.717) is 31.3 Å². The summed E-state index contributed by atoms with van der Waals surface area (Å²) >= 11 is 0. The minimum absolute atomic E-state index is 0.0387. The van der Waals surface area contributed by atoms with Crippen molar-refractivity contribution < 1.29 is 19.1 Å². The molecule has 0 aliphatic rings. The molecule has 0 radical (unpaired) electrons. The van der Waals surface area contributed by atoms with Crippen molar-refractivity contribution in [2.24, 2.45) is 17.3 Å². The molecule has 1 rings (SSSR count). The first-order valence-corrected chi connectivity index (χ1v) is 9.52. The Balaban J connectivity index is 0.000000516. The van der Waals surface area contributed by atoms with Gasteiger partial charge in [-0.2, -0.15) is 0 Å². The monoisotopic (exact) mass is 376 g/mol. The van der Waals surface area contributed by atoms with Gasteiger partial charge in [-0.05, 0) is 30.0 Å². The fraction of sp³-hybridized carbons (Fsp3) is 0.565. The van der Waals surface area contributed by atoms with Crippen LogP contribution in [0.5, 0.6) is 5.75 Å². The molecular formula is C23H36O4. The number of carbonyl (C=O) groups is 2. The van der Waals surface area contributed by atoms with Crippen LogP contribution in [0.3, 0.4) is 0 Å². The van der Waals surface area contributed by atoms with Crippen molar-refractivity contribution in [1.82, 2.24) is 0 Å². The predicted octanol–water partition coefficient (Wildman–Crippen LogP) is 5.25. The lowest BCUT2D eigenvalue weighted by molar-refractivity contribution is -0.129. The highest BCUT2D eigenvalue weighted by atomic mass is 16.5. The van der Waals surface area contributed by atoms with Crippen LogP contribution in [0.25, 0.3) is 0 Å². The molecule has 27 heavy (non-hydrogen) atoms. The highest BCUT2D eigenvalue weighted by molar-refractivity contribution is 5.84. The summed E-state index contributed by atoms with van der Waals surface area (Å²) in [5.74, 6) is 1.53. The minimum Gasteiger partial charge on any atom is -0.497 e. The zero-order chi connectivity index (χ0) is 20.9. The number of rotatable bonds is 11. The molecule has 1 aromatic carbocycles. The van der Waals surface area contributed by atoms with E-state index in [1.807, 2.05) is 58.0 Å². The average Bonchev–Trinajstić information content (AvgIpc) is 2.68. The number of benzene rings is 1. The molecule has 0 heterocycles. The van der Waals surface area contributed by atoms with Crippen molar-refractivity contribution in [3.63, 3.8) is 0 Å². The summed E-state index contributed by atoms with van der Waals surface area (Å²) in [5.41, 5.74) is 0.886. The molecule has 1 aromatic rings. The van der Waals surface area contributed by atoms with Crippen LogP contribution in [0.1, 0.15) is 53.0 Å². The third kappa shape index (κ3) is 9.53. The third-order valence-electron chi connectivity index (χ3n) is 4.83. The van der Waals surface area contributed by atoms with Crippen molar-refractivity contribution in [1.29, 1.82) is 0 Å². The molecule has 0 spiro atoms. The van der Waals surface area contributed by atoms with Crippen LogP contribution in [0, 0.1) is 17.3 Å². The third-order valence-corrected chi connectivity index (χ3v) is 4.83. The van der Waals surface area contributed by atoms with E-state index in [1.165, 1.54) is 0 Å². The lowest BCUT2D eigenvalue weighted by Gasteiger charge is -2.29. The minimum atomic E-state index is -0.192. The van der Waals surface area contributed by atoms with Gasteiger partial charge in [0.1, 0.15) is 17.8 Å². The molecule has 1 unspecified atom stereocenters. The molecule has 2 atom stereocenters. The second kappa shape index (κ2) is 13.3. The molecular weight excluding hydrogens is 340 g/mol. The normalized spacial score (nSPS) is 13.0. The van der Waals surface area contributed by atoms with Gasteiger partial charge < -0.3 is 14.3 Å². The van der Waals surface area contributed by atoms with E-state index in [4.69, 9.17) is 9.47 Å². The molecule has 0 amide bonds. The largest absolute Gasteiger partial charge is 0.497 e. The van der Waals surface area contributed by atoms with Gasteiger partial charge in [0.2, 0.25) is 0 Å². The number of ether oxygens (including phenoxy) is 2. The number of allylic oxidation sites excluding steroid dienone is 1. The van der Waals surface area contributed by atoms with Crippen LogP contribution >= 0.6 is 0 Å². The Morgan fingerprint density at radius 2 is 1.81 bits per heavy atom. The second-order valence-electron chi connectivity index (χ2n) is 7.40. The Hall–Kier alpha value is -1.94. The number of methoxy groups -OCH3 is 1. The van der Waals surface area contributed by atoms with Crippen molar-refractivity contribution in [2.75, 3.05) is 13.7 Å². The zero-order valence-corrected chi connectivity index (χ0v) is 17.8. The first-order chi connectivity index (χ1) is 12.7. The van der Waals surface area contributed by atoms with E-state index in [0.717, 1.165) is 24.0 Å². The van der Waals surface area contributed by atoms with E-state index in [-0.39, 0.29) is 11.3 Å². The summed E-state index contributed by atoms with van der Waals surface area (Å²) in [5, 5.41) is 0. The molecule has 0 N–H and O–H groups in total. The van der Waals surface area contributed by atoms with Crippen molar-refractivity contribution >= 4 is 12.1 Å². The molecule has 0 aromatic heterocycles. The molecule has 152 valence electrons. The van der Waals surface area contributed by atoms with Crippen molar-refractivity contribution in [2.45, 2.75) is 54.1 Å². The summed E-state index contributed by atoms with van der Waals surface area (Å²) in [6, 6.07) is 7.68. The zero-order valence-electron chi connectivity index (χ0n) is 17.8. The van der Waals surface area contributed by atoms with Gasteiger partial charge in [0.05, 0.1) is 20.3 Å². The van der Waals surface area contributed by atoms with E-state index >= 15 is 0 Å². The van der Waals surface area contributed by atoms with Crippen LogP contribution in [0.4, 0.5) is 0 Å². The quantitative estimate of drug-likeness (QED) is 0.391. The Morgan fingerprint density at radius 1 is 1.22 bits per heavy atom. The summed E-state index contributed by atoms with van der Waals surface area (Å²) in [6.45, 7) is 14.6. The average molecular weight is 377 g/mol. The van der Waals surface area contributed by atoms with Crippen molar-refractivity contribution in [3.05, 3.63) is 42.5 Å². The van der Waals surface area contributed by atoms with E-state index in [9.17, 15) is 9.59 Å². The van der Waals surface area contributed by atoms with Gasteiger partial charge in [0.15, 0.2) is 0 Å². The highest BCUT2D eigenvalue weighted by Gasteiger charge is 2.31. The Bertz CT molecular complexity index is 560. The number of aldehydes is 1. The molecule has 4 heteroatoms. The fourth-order valence-corrected chi connectivity index (χ4v) is 2.40. The Kier molecular flexibility index (Phi) is 12.3. The van der Waals surface area contributed by atoms with Gasteiger partial charge in [0, 0.05) is 17.8 Å². The van der Waals surface area contributed by atoms with Gasteiger partial charge in [-0.3, -0.25) is 4.79 Å². The summed E-state index contributed by atoms with van der Waals surface area (Å²) < 4.78 is 10.4. The van der Waals surface area contributed by atoms with E-state index in [2.05, 4.69) is 13.5 Å². The number of hydrogen-bond acceptors (Lipinski definition) is 4. The summed E-state index contributed by atoms with van der Waals surface area (Å²) in [7, 11) is 1.64. The smallest absolute Gasteiger partial charge is 0.138 e. The lowest BCUT2D eigenvalue weighted by Crippen LogP contribution is -2.30. The van der Waals surface area contributed by atoms with Crippen LogP contribution in [-0.4, -0.2) is 25.8 Å². The molecule has 0 bridgehead atoms. The highest BCUT2D eigenvalue weighted by Crippen LogP contribution is 2.31. The van der Waals surface area contributed by atoms with Gasteiger partial charge in [-0.1, -0.05) is 52.8 Å². The van der Waals surface area contributed by atoms with Crippen LogP contribution in [-0.2, 0) is 20.9 Å². The van der Waals surface area contributed by atoms with Crippen molar-refractivity contribution in [3.8, 4) is 5.75 Å².